The van der Waals surface area contributed by atoms with Gasteiger partial charge in [-0.3, -0.25) is 4.79 Å². The predicted molar refractivity (Wildman–Crippen MR) is 97.8 cm³/mol. The first-order valence-corrected chi connectivity index (χ1v) is 9.43. The number of hydrogen-bond acceptors (Lipinski definition) is 5. The molecular formula is C17H29N7O2. The monoisotopic (exact) mass is 363 g/mol. The van der Waals surface area contributed by atoms with Crippen LogP contribution in [0, 0.1) is 0 Å². The second-order valence-electron chi connectivity index (χ2n) is 6.72. The molecule has 1 saturated heterocycles. The fourth-order valence-electron chi connectivity index (χ4n) is 3.40. The van der Waals surface area contributed by atoms with Crippen LogP contribution in [0.4, 0.5) is 0 Å². The summed E-state index contributed by atoms with van der Waals surface area (Å²) in [7, 11) is 1.65. The van der Waals surface area contributed by atoms with E-state index in [-0.39, 0.29) is 18.5 Å². The van der Waals surface area contributed by atoms with Gasteiger partial charge in [-0.05, 0) is 26.2 Å². The summed E-state index contributed by atoms with van der Waals surface area (Å²) in [6, 6.07) is 0.208. The van der Waals surface area contributed by atoms with Gasteiger partial charge in [0.05, 0.1) is 6.54 Å². The lowest BCUT2D eigenvalue weighted by molar-refractivity contribution is -0.128. The van der Waals surface area contributed by atoms with E-state index in [0.29, 0.717) is 12.6 Å². The van der Waals surface area contributed by atoms with Crippen molar-refractivity contribution in [1.29, 1.82) is 0 Å². The average molecular weight is 363 g/mol. The first-order chi connectivity index (χ1) is 12.7. The summed E-state index contributed by atoms with van der Waals surface area (Å²) in [5.74, 6) is 2.51. The predicted octanol–water partition coefficient (Wildman–Crippen LogP) is -0.0832. The summed E-state index contributed by atoms with van der Waals surface area (Å²) in [5, 5.41) is 11.2. The minimum atomic E-state index is 0.103. The molecule has 1 fully saturated rings. The fraction of sp³-hybridized carbons (Fsp3) is 0.765. The molecule has 2 aliphatic rings. The smallest absolute Gasteiger partial charge is 0.244 e. The van der Waals surface area contributed by atoms with Gasteiger partial charge in [-0.25, -0.2) is 14.7 Å². The van der Waals surface area contributed by atoms with Crippen molar-refractivity contribution in [1.82, 2.24) is 30.3 Å². The average Bonchev–Trinajstić information content (AvgIpc) is 3.29. The van der Waals surface area contributed by atoms with Gasteiger partial charge in [0.15, 0.2) is 11.8 Å². The number of fused-ring (bicyclic) bond motifs is 1. The highest BCUT2D eigenvalue weighted by Gasteiger charge is 2.23. The minimum Gasteiger partial charge on any atom is -0.377 e. The molecular weight excluding hydrogens is 334 g/mol. The molecule has 3 heterocycles. The van der Waals surface area contributed by atoms with Gasteiger partial charge in [-0.2, -0.15) is 5.10 Å². The lowest BCUT2D eigenvalue weighted by atomic mass is 10.1. The molecule has 1 amide bonds. The van der Waals surface area contributed by atoms with Gasteiger partial charge < -0.3 is 20.3 Å². The maximum atomic E-state index is 12.2. The summed E-state index contributed by atoms with van der Waals surface area (Å²) < 4.78 is 7.05. The number of rotatable bonds is 6. The second kappa shape index (κ2) is 8.98. The number of aromatic nitrogens is 3. The highest BCUT2D eigenvalue weighted by atomic mass is 16.5. The minimum absolute atomic E-state index is 0.103. The number of nitrogens with one attached hydrogen (secondary N) is 2. The summed E-state index contributed by atoms with van der Waals surface area (Å²) in [4.78, 5) is 23.1. The number of methoxy groups -OCH3 is 1. The quantitative estimate of drug-likeness (QED) is 0.542. The van der Waals surface area contributed by atoms with E-state index in [2.05, 4.69) is 25.7 Å². The van der Waals surface area contributed by atoms with E-state index in [1.54, 1.807) is 7.11 Å². The number of ether oxygens (including phenoxy) is 1. The zero-order chi connectivity index (χ0) is 18.4. The molecule has 1 atom stereocenters. The van der Waals surface area contributed by atoms with Gasteiger partial charge in [0.2, 0.25) is 5.91 Å². The second-order valence-corrected chi connectivity index (χ2v) is 6.72. The molecule has 1 unspecified atom stereocenters. The zero-order valence-corrected chi connectivity index (χ0v) is 15.7. The van der Waals surface area contributed by atoms with E-state index in [1.807, 2.05) is 16.5 Å². The van der Waals surface area contributed by atoms with Crippen molar-refractivity contribution in [3.05, 3.63) is 11.6 Å². The number of hydrogen-bond donors (Lipinski definition) is 2. The van der Waals surface area contributed by atoms with E-state index in [0.717, 1.165) is 63.5 Å². The molecule has 26 heavy (non-hydrogen) atoms. The molecule has 0 aromatic carbocycles. The first-order valence-electron chi connectivity index (χ1n) is 9.43. The molecule has 0 radical (unpaired) electrons. The van der Waals surface area contributed by atoms with Gasteiger partial charge in [-0.1, -0.05) is 0 Å². The van der Waals surface area contributed by atoms with Crippen LogP contribution in [-0.4, -0.2) is 70.9 Å². The Bertz CT molecular complexity index is 637. The lowest BCUT2D eigenvalue weighted by Crippen LogP contribution is -2.47. The van der Waals surface area contributed by atoms with Crippen LogP contribution in [0.3, 0.4) is 0 Å². The van der Waals surface area contributed by atoms with Crippen LogP contribution in [0.1, 0.15) is 37.8 Å². The van der Waals surface area contributed by atoms with Crippen LogP contribution < -0.4 is 10.6 Å². The molecule has 9 nitrogen and oxygen atoms in total. The van der Waals surface area contributed by atoms with E-state index >= 15 is 0 Å². The molecule has 2 aliphatic heterocycles. The van der Waals surface area contributed by atoms with E-state index in [1.165, 1.54) is 0 Å². The molecule has 9 heteroatoms. The van der Waals surface area contributed by atoms with Gasteiger partial charge in [-0.15, -0.1) is 0 Å². The molecule has 0 saturated carbocycles. The molecule has 144 valence electrons. The fourth-order valence-corrected chi connectivity index (χ4v) is 3.40. The van der Waals surface area contributed by atoms with Crippen LogP contribution in [0.25, 0.3) is 0 Å². The van der Waals surface area contributed by atoms with Crippen molar-refractivity contribution < 1.29 is 9.53 Å². The molecule has 1 aromatic heterocycles. The topological polar surface area (TPSA) is 96.7 Å². The largest absolute Gasteiger partial charge is 0.377 e. The SMILES string of the molecule is CCNC(=NCC(=O)N1CCCC1)NC1CCc2nc(COC)nn2C1. The van der Waals surface area contributed by atoms with Crippen molar-refractivity contribution in [2.45, 2.75) is 51.8 Å². The van der Waals surface area contributed by atoms with Crippen LogP contribution in [0.2, 0.25) is 0 Å². The number of nitrogens with zero attached hydrogens (tertiary/aromatic N) is 5. The molecule has 0 spiro atoms. The Morgan fingerprint density at radius 1 is 1.38 bits per heavy atom. The van der Waals surface area contributed by atoms with Crippen LogP contribution >= 0.6 is 0 Å². The number of aryl methyl sites for hydroxylation is 1. The van der Waals surface area contributed by atoms with Crippen LogP contribution in [-0.2, 0) is 29.1 Å². The Morgan fingerprint density at radius 2 is 2.19 bits per heavy atom. The summed E-state index contributed by atoms with van der Waals surface area (Å²) in [6.07, 6.45) is 4.01. The third-order valence-corrected chi connectivity index (χ3v) is 4.69. The standard InChI is InChI=1S/C17H29N7O2/c1-3-18-17(19-10-16(25)23-8-4-5-9-23)20-13-6-7-15-21-14(12-26-2)22-24(15)11-13/h13H,3-12H2,1-2H3,(H2,18,19,20). The van der Waals surface area contributed by atoms with Crippen molar-refractivity contribution in [2.24, 2.45) is 4.99 Å². The molecule has 3 rings (SSSR count). The van der Waals surface area contributed by atoms with Crippen molar-refractivity contribution in [2.75, 3.05) is 33.3 Å². The lowest BCUT2D eigenvalue weighted by Gasteiger charge is -2.25. The van der Waals surface area contributed by atoms with E-state index in [9.17, 15) is 4.79 Å². The Labute approximate surface area is 154 Å². The Hall–Kier alpha value is -2.16. The van der Waals surface area contributed by atoms with Gasteiger partial charge in [0, 0.05) is 39.2 Å². The maximum absolute atomic E-state index is 12.2. The Kier molecular flexibility index (Phi) is 6.43. The van der Waals surface area contributed by atoms with Crippen LogP contribution in [0.15, 0.2) is 4.99 Å². The zero-order valence-electron chi connectivity index (χ0n) is 15.7. The number of aliphatic imine (C=N–C) groups is 1. The summed E-state index contributed by atoms with van der Waals surface area (Å²) >= 11 is 0. The van der Waals surface area contributed by atoms with Crippen LogP contribution in [0.5, 0.6) is 0 Å². The van der Waals surface area contributed by atoms with Crippen molar-refractivity contribution >= 4 is 11.9 Å². The molecule has 0 bridgehead atoms. The normalized spacial score (nSPS) is 20.2. The molecule has 0 aliphatic carbocycles. The van der Waals surface area contributed by atoms with E-state index < -0.39 is 0 Å². The van der Waals surface area contributed by atoms with Crippen molar-refractivity contribution in [3.8, 4) is 0 Å². The Balaban J connectivity index is 1.57. The highest BCUT2D eigenvalue weighted by Crippen LogP contribution is 2.13. The third-order valence-electron chi connectivity index (χ3n) is 4.69. The highest BCUT2D eigenvalue weighted by molar-refractivity contribution is 5.85. The summed E-state index contributed by atoms with van der Waals surface area (Å²) in [6.45, 7) is 5.85. The summed E-state index contributed by atoms with van der Waals surface area (Å²) in [5.41, 5.74) is 0. The first kappa shape index (κ1) is 18.6. The maximum Gasteiger partial charge on any atom is 0.244 e. The number of likely N-dealkylation sites (tertiary alicyclic amines) is 1. The molecule has 2 N–H and O–H groups in total. The number of carbonyl (C=O) groups excluding carboxylic acids is 1. The third kappa shape index (κ3) is 4.72. The number of guanidine groups is 1. The van der Waals surface area contributed by atoms with Crippen molar-refractivity contribution in [3.63, 3.8) is 0 Å². The van der Waals surface area contributed by atoms with Gasteiger partial charge in [0.1, 0.15) is 19.0 Å². The molecule has 1 aromatic rings. The van der Waals surface area contributed by atoms with Gasteiger partial charge >= 0.3 is 0 Å². The number of carbonyl (C=O) groups is 1. The van der Waals surface area contributed by atoms with E-state index in [4.69, 9.17) is 4.74 Å². The number of amides is 1. The Morgan fingerprint density at radius 3 is 2.92 bits per heavy atom. The van der Waals surface area contributed by atoms with Gasteiger partial charge in [0.25, 0.3) is 0 Å².